The van der Waals surface area contributed by atoms with Gasteiger partial charge >= 0.3 is 12.4 Å². The topological polar surface area (TPSA) is 44.8 Å². The van der Waals surface area contributed by atoms with Gasteiger partial charge in [0.05, 0.1) is 12.2 Å². The molecule has 0 saturated carbocycles. The number of hydrogen-bond acceptors (Lipinski definition) is 4. The van der Waals surface area contributed by atoms with E-state index in [-0.39, 0.29) is 12.2 Å². The lowest BCUT2D eigenvalue weighted by Crippen LogP contribution is -2.28. The Hall–Kier alpha value is -0.610. The zero-order chi connectivity index (χ0) is 10.4. The highest BCUT2D eigenvalue weighted by molar-refractivity contribution is 5.65. The maximum absolute atomic E-state index is 10.6. The third-order valence-corrected chi connectivity index (χ3v) is 1.03. The Labute approximate surface area is 79.2 Å². The van der Waals surface area contributed by atoms with Crippen LogP contribution >= 0.6 is 0 Å². The lowest BCUT2D eigenvalue weighted by atomic mass is 10.5. The first-order valence-corrected chi connectivity index (χ1v) is 4.40. The molecule has 0 bridgehead atoms. The second-order valence-electron chi connectivity index (χ2n) is 3.27. The van der Waals surface area contributed by atoms with E-state index in [0.29, 0.717) is 0 Å². The van der Waals surface area contributed by atoms with E-state index in [0.717, 1.165) is 0 Å². The molecule has 0 fully saturated rings. The molecule has 0 aromatic rings. The summed E-state index contributed by atoms with van der Waals surface area (Å²) in [6.45, 7) is 7.82. The average molecular weight is 190 g/mol. The summed E-state index contributed by atoms with van der Waals surface area (Å²) in [5.74, 6) is -0.411. The van der Waals surface area contributed by atoms with E-state index in [9.17, 15) is 4.79 Å². The summed E-state index contributed by atoms with van der Waals surface area (Å²) in [6.07, 6.45) is -0.0776. The van der Waals surface area contributed by atoms with E-state index in [1.54, 1.807) is 0 Å². The van der Waals surface area contributed by atoms with Crippen molar-refractivity contribution in [2.24, 2.45) is 0 Å². The normalized spacial score (nSPS) is 11.4. The van der Waals surface area contributed by atoms with Gasteiger partial charge < -0.3 is 14.2 Å². The van der Waals surface area contributed by atoms with Crippen molar-refractivity contribution >= 4 is 5.97 Å². The second-order valence-corrected chi connectivity index (χ2v) is 3.27. The van der Waals surface area contributed by atoms with E-state index in [1.807, 2.05) is 27.7 Å². The molecule has 0 amide bonds. The van der Waals surface area contributed by atoms with Gasteiger partial charge in [-0.3, -0.25) is 4.79 Å². The molecule has 0 aliphatic rings. The highest BCUT2D eigenvalue weighted by Gasteiger charge is 2.15. The Bertz CT molecular complexity index is 144. The van der Waals surface area contributed by atoms with Gasteiger partial charge in [-0.25, -0.2) is 0 Å². The molecule has 0 spiro atoms. The molecular weight excluding hydrogens is 172 g/mol. The van der Waals surface area contributed by atoms with Crippen molar-refractivity contribution in [3.8, 4) is 0 Å². The quantitative estimate of drug-likeness (QED) is 0.488. The first-order chi connectivity index (χ1) is 5.91. The Balaban J connectivity index is 3.95. The lowest BCUT2D eigenvalue weighted by molar-refractivity contribution is -0.297. The Morgan fingerprint density at radius 2 is 1.38 bits per heavy atom. The lowest BCUT2D eigenvalue weighted by Gasteiger charge is -2.21. The van der Waals surface area contributed by atoms with E-state index in [2.05, 4.69) is 0 Å². The van der Waals surface area contributed by atoms with Crippen LogP contribution in [-0.4, -0.2) is 24.7 Å². The summed E-state index contributed by atoms with van der Waals surface area (Å²) in [7, 11) is 0. The van der Waals surface area contributed by atoms with Crippen LogP contribution in [0.4, 0.5) is 0 Å². The maximum Gasteiger partial charge on any atom is 0.318 e. The fourth-order valence-corrected chi connectivity index (χ4v) is 0.668. The van der Waals surface area contributed by atoms with Crippen LogP contribution in [0.25, 0.3) is 0 Å². The van der Waals surface area contributed by atoms with Crippen LogP contribution in [-0.2, 0) is 19.0 Å². The summed E-state index contributed by atoms with van der Waals surface area (Å²) in [4.78, 5) is 10.6. The smallest absolute Gasteiger partial charge is 0.318 e. The van der Waals surface area contributed by atoms with Gasteiger partial charge in [0.25, 0.3) is 0 Å². The van der Waals surface area contributed by atoms with Crippen LogP contribution in [0.3, 0.4) is 0 Å². The molecule has 0 aliphatic heterocycles. The monoisotopic (exact) mass is 190 g/mol. The van der Waals surface area contributed by atoms with E-state index in [4.69, 9.17) is 14.2 Å². The molecule has 0 rings (SSSR count). The Kier molecular flexibility index (Phi) is 5.66. The average Bonchev–Trinajstić information content (AvgIpc) is 1.80. The molecule has 0 heterocycles. The van der Waals surface area contributed by atoms with Gasteiger partial charge in [-0.15, -0.1) is 0 Å². The van der Waals surface area contributed by atoms with Gasteiger partial charge in [0.1, 0.15) is 0 Å². The summed E-state index contributed by atoms with van der Waals surface area (Å²) in [6, 6.07) is 0. The number of esters is 1. The first-order valence-electron chi connectivity index (χ1n) is 4.40. The predicted molar refractivity (Wildman–Crippen MR) is 48.0 cm³/mol. The predicted octanol–water partition coefficient (Wildman–Crippen LogP) is 1.68. The molecule has 0 atom stereocenters. The van der Waals surface area contributed by atoms with E-state index >= 15 is 0 Å². The van der Waals surface area contributed by atoms with Crippen molar-refractivity contribution in [2.45, 2.75) is 53.3 Å². The molecule has 4 heteroatoms. The summed E-state index contributed by atoms with van der Waals surface area (Å²) < 4.78 is 15.2. The van der Waals surface area contributed by atoms with Crippen molar-refractivity contribution < 1.29 is 19.0 Å². The zero-order valence-electron chi connectivity index (χ0n) is 8.87. The largest absolute Gasteiger partial charge is 0.410 e. The number of hydrogen-bond donors (Lipinski definition) is 0. The number of carbonyl (C=O) groups is 1. The fraction of sp³-hybridized carbons (Fsp3) is 0.889. The van der Waals surface area contributed by atoms with Crippen molar-refractivity contribution in [1.29, 1.82) is 0 Å². The minimum atomic E-state index is -0.891. The molecule has 0 radical (unpaired) electrons. The van der Waals surface area contributed by atoms with Crippen LogP contribution in [0.15, 0.2) is 0 Å². The molecule has 0 aliphatic carbocycles. The Morgan fingerprint density at radius 1 is 1.00 bits per heavy atom. The molecule has 4 nitrogen and oxygen atoms in total. The van der Waals surface area contributed by atoms with E-state index < -0.39 is 12.4 Å². The van der Waals surface area contributed by atoms with E-state index in [1.165, 1.54) is 6.92 Å². The molecule has 0 N–H and O–H groups in total. The van der Waals surface area contributed by atoms with Crippen molar-refractivity contribution in [3.63, 3.8) is 0 Å². The third kappa shape index (κ3) is 7.74. The van der Waals surface area contributed by atoms with Crippen molar-refractivity contribution in [2.75, 3.05) is 0 Å². The van der Waals surface area contributed by atoms with Crippen molar-refractivity contribution in [3.05, 3.63) is 0 Å². The minimum Gasteiger partial charge on any atom is -0.410 e. The zero-order valence-corrected chi connectivity index (χ0v) is 8.87. The molecular formula is C9H18O4. The molecule has 0 aromatic carbocycles. The molecule has 78 valence electrons. The standard InChI is InChI=1S/C9H18O4/c1-6(2)11-9(12-7(3)4)13-8(5)10/h6-7,9H,1-5H3. The van der Waals surface area contributed by atoms with Gasteiger partial charge in [-0.05, 0) is 27.7 Å². The van der Waals surface area contributed by atoms with Gasteiger partial charge in [0.15, 0.2) is 0 Å². The molecule has 0 unspecified atom stereocenters. The summed E-state index contributed by atoms with van der Waals surface area (Å²) in [5.41, 5.74) is 0. The van der Waals surface area contributed by atoms with Gasteiger partial charge in [0, 0.05) is 6.92 Å². The fourth-order valence-electron chi connectivity index (χ4n) is 0.668. The minimum absolute atomic E-state index is 0.0388. The van der Waals surface area contributed by atoms with Crippen LogP contribution in [0.1, 0.15) is 34.6 Å². The Morgan fingerprint density at radius 3 is 1.62 bits per heavy atom. The molecule has 0 aromatic heterocycles. The van der Waals surface area contributed by atoms with Crippen molar-refractivity contribution in [1.82, 2.24) is 0 Å². The van der Waals surface area contributed by atoms with Gasteiger partial charge in [-0.2, -0.15) is 0 Å². The SMILES string of the molecule is CC(=O)OC(OC(C)C)OC(C)C. The second kappa shape index (κ2) is 5.94. The summed E-state index contributed by atoms with van der Waals surface area (Å²) in [5, 5.41) is 0. The highest BCUT2D eigenvalue weighted by atomic mass is 16.9. The highest BCUT2D eigenvalue weighted by Crippen LogP contribution is 2.05. The number of rotatable bonds is 5. The summed E-state index contributed by atoms with van der Waals surface area (Å²) >= 11 is 0. The first kappa shape index (κ1) is 12.4. The van der Waals surface area contributed by atoms with Gasteiger partial charge in [0.2, 0.25) is 0 Å². The number of ether oxygens (including phenoxy) is 3. The van der Waals surface area contributed by atoms with Crippen LogP contribution < -0.4 is 0 Å². The van der Waals surface area contributed by atoms with Crippen LogP contribution in [0, 0.1) is 0 Å². The van der Waals surface area contributed by atoms with Gasteiger partial charge in [-0.1, -0.05) is 0 Å². The number of carbonyl (C=O) groups excluding carboxylic acids is 1. The third-order valence-electron chi connectivity index (χ3n) is 1.03. The molecule has 0 saturated heterocycles. The van der Waals surface area contributed by atoms with Crippen LogP contribution in [0.2, 0.25) is 0 Å². The molecule has 13 heavy (non-hydrogen) atoms. The van der Waals surface area contributed by atoms with Crippen LogP contribution in [0.5, 0.6) is 0 Å². The maximum atomic E-state index is 10.6.